The van der Waals surface area contributed by atoms with Gasteiger partial charge in [0.25, 0.3) is 0 Å². The second-order valence-corrected chi connectivity index (χ2v) is 3.64. The Morgan fingerprint density at radius 3 is 2.69 bits per heavy atom. The third-order valence-electron chi connectivity index (χ3n) is 2.25. The van der Waals surface area contributed by atoms with Gasteiger partial charge in [0.2, 0.25) is 0 Å². The summed E-state index contributed by atoms with van der Waals surface area (Å²) >= 11 is 0. The van der Waals surface area contributed by atoms with Crippen molar-refractivity contribution in [3.63, 3.8) is 0 Å². The third-order valence-corrected chi connectivity index (χ3v) is 2.25. The van der Waals surface area contributed by atoms with Crippen LogP contribution in [0.2, 0.25) is 0 Å². The van der Waals surface area contributed by atoms with Gasteiger partial charge in [-0.25, -0.2) is 9.97 Å². The number of rotatable bonds is 2. The molecule has 7 heteroatoms. The quantitative estimate of drug-likeness (QED) is 0.448. The van der Waals surface area contributed by atoms with Crippen molar-refractivity contribution in [3.05, 3.63) is 17.6 Å². The standard InChI is InChI=1S/C9H12N6O/c10-7-6(8(16)15-9(11)12)14-5(3-13-7)4-1-2-4/h3-4H,1-2H2,(H2,10,13)(H4,11,12,15,16). The normalized spacial score (nSPS) is 14.5. The second kappa shape index (κ2) is 3.76. The maximum absolute atomic E-state index is 11.5. The summed E-state index contributed by atoms with van der Waals surface area (Å²) in [5, 5.41) is 0. The highest BCUT2D eigenvalue weighted by atomic mass is 16.1. The van der Waals surface area contributed by atoms with E-state index >= 15 is 0 Å². The Balaban J connectivity index is 2.34. The second-order valence-electron chi connectivity index (χ2n) is 3.64. The minimum Gasteiger partial charge on any atom is -0.382 e. The summed E-state index contributed by atoms with van der Waals surface area (Å²) in [6.45, 7) is 0. The number of guanidine groups is 1. The van der Waals surface area contributed by atoms with Crippen LogP contribution in [0.15, 0.2) is 11.2 Å². The molecule has 0 aromatic carbocycles. The molecule has 1 aliphatic carbocycles. The highest BCUT2D eigenvalue weighted by Crippen LogP contribution is 2.38. The number of hydrogen-bond acceptors (Lipinski definition) is 4. The van der Waals surface area contributed by atoms with Gasteiger partial charge in [-0.15, -0.1) is 0 Å². The molecular weight excluding hydrogens is 208 g/mol. The molecule has 7 nitrogen and oxygen atoms in total. The van der Waals surface area contributed by atoms with Crippen molar-refractivity contribution in [2.75, 3.05) is 5.73 Å². The molecule has 1 aromatic rings. The van der Waals surface area contributed by atoms with Crippen molar-refractivity contribution in [3.8, 4) is 0 Å². The van der Waals surface area contributed by atoms with Crippen molar-refractivity contribution in [2.24, 2.45) is 16.5 Å². The zero-order valence-corrected chi connectivity index (χ0v) is 8.55. The Hall–Kier alpha value is -2.18. The Labute approximate surface area is 91.8 Å². The van der Waals surface area contributed by atoms with Crippen LogP contribution >= 0.6 is 0 Å². The number of carbonyl (C=O) groups excluding carboxylic acids is 1. The molecule has 1 aromatic heterocycles. The fourth-order valence-electron chi connectivity index (χ4n) is 1.32. The smallest absolute Gasteiger partial charge is 0.302 e. The van der Waals surface area contributed by atoms with E-state index in [1.807, 2.05) is 0 Å². The van der Waals surface area contributed by atoms with Crippen molar-refractivity contribution in [1.29, 1.82) is 0 Å². The predicted molar refractivity (Wildman–Crippen MR) is 58.6 cm³/mol. The lowest BCUT2D eigenvalue weighted by Crippen LogP contribution is -2.24. The number of nitrogens with two attached hydrogens (primary N) is 3. The maximum Gasteiger partial charge on any atom is 0.302 e. The number of amides is 1. The van der Waals surface area contributed by atoms with Gasteiger partial charge >= 0.3 is 5.91 Å². The molecule has 0 unspecified atom stereocenters. The van der Waals surface area contributed by atoms with Gasteiger partial charge in [0.1, 0.15) is 0 Å². The van der Waals surface area contributed by atoms with Crippen LogP contribution < -0.4 is 17.2 Å². The van der Waals surface area contributed by atoms with Crippen LogP contribution in [0.25, 0.3) is 0 Å². The van der Waals surface area contributed by atoms with Gasteiger partial charge in [-0.1, -0.05) is 0 Å². The van der Waals surface area contributed by atoms with E-state index in [1.165, 1.54) is 0 Å². The largest absolute Gasteiger partial charge is 0.382 e. The van der Waals surface area contributed by atoms with Crippen LogP contribution in [0, 0.1) is 0 Å². The van der Waals surface area contributed by atoms with Gasteiger partial charge in [0.05, 0.1) is 11.9 Å². The van der Waals surface area contributed by atoms with E-state index in [2.05, 4.69) is 15.0 Å². The highest BCUT2D eigenvalue weighted by molar-refractivity contribution is 6.03. The first-order chi connectivity index (χ1) is 7.58. The van der Waals surface area contributed by atoms with E-state index in [-0.39, 0.29) is 17.5 Å². The highest BCUT2D eigenvalue weighted by Gasteiger charge is 2.27. The summed E-state index contributed by atoms with van der Waals surface area (Å²) in [7, 11) is 0. The van der Waals surface area contributed by atoms with Gasteiger partial charge in [0.15, 0.2) is 17.5 Å². The van der Waals surface area contributed by atoms with Crippen molar-refractivity contribution in [1.82, 2.24) is 9.97 Å². The first-order valence-corrected chi connectivity index (χ1v) is 4.84. The molecule has 1 saturated carbocycles. The fraction of sp³-hybridized carbons (Fsp3) is 0.333. The molecule has 0 aliphatic heterocycles. The first kappa shape index (κ1) is 10.3. The Bertz CT molecular complexity index is 461. The molecule has 0 bridgehead atoms. The average Bonchev–Trinajstić information content (AvgIpc) is 3.00. The fourth-order valence-corrected chi connectivity index (χ4v) is 1.32. The summed E-state index contributed by atoms with van der Waals surface area (Å²) < 4.78 is 0. The van der Waals surface area contributed by atoms with Crippen LogP contribution in [-0.2, 0) is 0 Å². The summed E-state index contributed by atoms with van der Waals surface area (Å²) in [4.78, 5) is 23.0. The number of aromatic nitrogens is 2. The van der Waals surface area contributed by atoms with Crippen LogP contribution in [0.5, 0.6) is 0 Å². The van der Waals surface area contributed by atoms with Crippen molar-refractivity contribution < 1.29 is 4.79 Å². The van der Waals surface area contributed by atoms with E-state index in [0.717, 1.165) is 18.5 Å². The molecule has 2 rings (SSSR count). The first-order valence-electron chi connectivity index (χ1n) is 4.84. The van der Waals surface area contributed by atoms with Gasteiger partial charge in [-0.2, -0.15) is 4.99 Å². The van der Waals surface area contributed by atoms with Gasteiger partial charge in [-0.3, -0.25) is 4.79 Å². The Morgan fingerprint density at radius 2 is 2.12 bits per heavy atom. The van der Waals surface area contributed by atoms with Crippen molar-refractivity contribution >= 4 is 17.7 Å². The van der Waals surface area contributed by atoms with E-state index < -0.39 is 5.91 Å². The van der Waals surface area contributed by atoms with Crippen LogP contribution in [0.1, 0.15) is 34.9 Å². The maximum atomic E-state index is 11.5. The monoisotopic (exact) mass is 220 g/mol. The van der Waals surface area contributed by atoms with Crippen LogP contribution in [0.3, 0.4) is 0 Å². The topological polar surface area (TPSA) is 133 Å². The van der Waals surface area contributed by atoms with Gasteiger partial charge in [-0.05, 0) is 12.8 Å². The van der Waals surface area contributed by atoms with Gasteiger partial charge < -0.3 is 17.2 Å². The zero-order chi connectivity index (χ0) is 11.7. The molecule has 1 amide bonds. The molecular formula is C9H12N6O. The summed E-state index contributed by atoms with van der Waals surface area (Å²) in [5.41, 5.74) is 16.5. The lowest BCUT2D eigenvalue weighted by atomic mass is 10.3. The number of nitrogen functional groups attached to an aromatic ring is 1. The zero-order valence-electron chi connectivity index (χ0n) is 8.55. The Morgan fingerprint density at radius 1 is 1.44 bits per heavy atom. The molecule has 16 heavy (non-hydrogen) atoms. The van der Waals surface area contributed by atoms with E-state index in [9.17, 15) is 4.79 Å². The molecule has 1 aliphatic rings. The number of carbonyl (C=O) groups is 1. The summed E-state index contributed by atoms with van der Waals surface area (Å²) in [6.07, 6.45) is 3.71. The Kier molecular flexibility index (Phi) is 2.43. The van der Waals surface area contributed by atoms with E-state index in [4.69, 9.17) is 17.2 Å². The number of aliphatic imine (C=N–C) groups is 1. The molecule has 0 saturated heterocycles. The van der Waals surface area contributed by atoms with Crippen LogP contribution in [0.4, 0.5) is 5.82 Å². The minimum absolute atomic E-state index is 0.0119. The lowest BCUT2D eigenvalue weighted by Gasteiger charge is -2.02. The summed E-state index contributed by atoms with van der Waals surface area (Å²) in [6, 6.07) is 0. The van der Waals surface area contributed by atoms with Gasteiger partial charge in [0, 0.05) is 5.92 Å². The summed E-state index contributed by atoms with van der Waals surface area (Å²) in [5.74, 6) is -0.547. The van der Waals surface area contributed by atoms with Crippen molar-refractivity contribution in [2.45, 2.75) is 18.8 Å². The third kappa shape index (κ3) is 2.08. The molecule has 0 atom stereocenters. The molecule has 1 heterocycles. The molecule has 6 N–H and O–H groups in total. The molecule has 1 fully saturated rings. The van der Waals surface area contributed by atoms with E-state index in [0.29, 0.717) is 5.92 Å². The predicted octanol–water partition coefficient (Wildman–Crippen LogP) is -0.650. The number of anilines is 1. The number of hydrogen-bond donors (Lipinski definition) is 3. The van der Waals surface area contributed by atoms with Crippen LogP contribution in [-0.4, -0.2) is 21.8 Å². The average molecular weight is 220 g/mol. The SMILES string of the molecule is NC(N)=NC(=O)c1nc(C2CC2)cnc1N. The molecule has 0 radical (unpaired) electrons. The molecule has 0 spiro atoms. The van der Waals surface area contributed by atoms with E-state index in [1.54, 1.807) is 6.20 Å². The minimum atomic E-state index is -0.660. The number of nitrogens with zero attached hydrogens (tertiary/aromatic N) is 3. The molecule has 84 valence electrons. The lowest BCUT2D eigenvalue weighted by molar-refractivity contribution is 0.0998.